The van der Waals surface area contributed by atoms with Crippen molar-refractivity contribution in [1.82, 2.24) is 10.2 Å². The van der Waals surface area contributed by atoms with Crippen molar-refractivity contribution in [3.63, 3.8) is 0 Å². The Kier molecular flexibility index (Phi) is 2.05. The lowest BCUT2D eigenvalue weighted by molar-refractivity contribution is 0.661. The van der Waals surface area contributed by atoms with E-state index in [9.17, 15) is 0 Å². The average Bonchev–Trinajstić information content (AvgIpc) is 2.57. The summed E-state index contributed by atoms with van der Waals surface area (Å²) >= 11 is 0. The molecule has 3 heteroatoms. The number of nitrogens with one attached hydrogen (secondary N) is 1. The van der Waals surface area contributed by atoms with Crippen LogP contribution in [0.5, 0.6) is 0 Å². The minimum Gasteiger partial charge on any atom is -0.382 e. The average molecular weight is 193 g/mol. The number of anilines is 1. The molecule has 1 saturated carbocycles. The summed E-state index contributed by atoms with van der Waals surface area (Å²) < 4.78 is 0. The SMILES string of the molecule is CCCc1c(N)n[nH]c1C1(C)CC1C. The van der Waals surface area contributed by atoms with E-state index in [2.05, 4.69) is 31.0 Å². The molecule has 2 rings (SSSR count). The molecule has 0 amide bonds. The fraction of sp³-hybridized carbons (Fsp3) is 0.727. The van der Waals surface area contributed by atoms with Crippen molar-refractivity contribution in [2.24, 2.45) is 5.92 Å². The zero-order valence-corrected chi connectivity index (χ0v) is 9.22. The van der Waals surface area contributed by atoms with E-state index in [-0.39, 0.29) is 0 Å². The first kappa shape index (κ1) is 9.56. The minimum atomic E-state index is 0.315. The molecule has 3 nitrogen and oxygen atoms in total. The first-order valence-electron chi connectivity index (χ1n) is 5.42. The summed E-state index contributed by atoms with van der Waals surface area (Å²) in [6.07, 6.45) is 3.42. The van der Waals surface area contributed by atoms with Gasteiger partial charge in [0.1, 0.15) is 5.82 Å². The predicted octanol–water partition coefficient (Wildman–Crippen LogP) is 2.24. The molecule has 0 aliphatic heterocycles. The van der Waals surface area contributed by atoms with Gasteiger partial charge in [0, 0.05) is 16.7 Å². The number of rotatable bonds is 3. The van der Waals surface area contributed by atoms with Crippen LogP contribution in [0.15, 0.2) is 0 Å². The highest BCUT2D eigenvalue weighted by molar-refractivity contribution is 5.47. The fourth-order valence-electron chi connectivity index (χ4n) is 2.28. The number of aromatic nitrogens is 2. The Bertz CT molecular complexity index is 342. The quantitative estimate of drug-likeness (QED) is 0.773. The molecule has 2 unspecified atom stereocenters. The van der Waals surface area contributed by atoms with Gasteiger partial charge in [0.15, 0.2) is 0 Å². The highest BCUT2D eigenvalue weighted by Crippen LogP contribution is 2.54. The second-order valence-corrected chi connectivity index (χ2v) is 4.74. The Morgan fingerprint density at radius 1 is 1.64 bits per heavy atom. The first-order valence-corrected chi connectivity index (χ1v) is 5.42. The second-order valence-electron chi connectivity index (χ2n) is 4.74. The van der Waals surface area contributed by atoms with Crippen molar-refractivity contribution in [1.29, 1.82) is 0 Å². The van der Waals surface area contributed by atoms with Crippen molar-refractivity contribution in [3.05, 3.63) is 11.3 Å². The zero-order valence-electron chi connectivity index (χ0n) is 9.22. The number of aromatic amines is 1. The molecule has 78 valence electrons. The number of nitrogens with two attached hydrogens (primary N) is 1. The predicted molar refractivity (Wildman–Crippen MR) is 58.1 cm³/mol. The molecule has 0 aromatic carbocycles. The molecule has 14 heavy (non-hydrogen) atoms. The molecule has 3 N–H and O–H groups in total. The van der Waals surface area contributed by atoms with E-state index < -0.39 is 0 Å². The number of nitrogen functional groups attached to an aromatic ring is 1. The Hall–Kier alpha value is -0.990. The monoisotopic (exact) mass is 193 g/mol. The summed E-state index contributed by atoms with van der Waals surface area (Å²) in [5.41, 5.74) is 8.70. The van der Waals surface area contributed by atoms with E-state index in [1.54, 1.807) is 0 Å². The van der Waals surface area contributed by atoms with E-state index in [4.69, 9.17) is 5.73 Å². The van der Waals surface area contributed by atoms with Crippen LogP contribution in [0.4, 0.5) is 5.82 Å². The Morgan fingerprint density at radius 2 is 2.29 bits per heavy atom. The number of nitrogens with zero attached hydrogens (tertiary/aromatic N) is 1. The summed E-state index contributed by atoms with van der Waals surface area (Å²) in [6, 6.07) is 0. The molecule has 0 radical (unpaired) electrons. The molecule has 1 aliphatic rings. The van der Waals surface area contributed by atoms with Crippen LogP contribution in [-0.2, 0) is 11.8 Å². The van der Waals surface area contributed by atoms with Crippen molar-refractivity contribution in [2.45, 2.75) is 45.4 Å². The third-order valence-electron chi connectivity index (χ3n) is 3.63. The van der Waals surface area contributed by atoms with Crippen LogP contribution in [-0.4, -0.2) is 10.2 Å². The molecular weight excluding hydrogens is 174 g/mol. The van der Waals surface area contributed by atoms with Gasteiger partial charge < -0.3 is 5.73 Å². The molecule has 1 aliphatic carbocycles. The largest absolute Gasteiger partial charge is 0.382 e. The van der Waals surface area contributed by atoms with Gasteiger partial charge in [-0.05, 0) is 18.8 Å². The van der Waals surface area contributed by atoms with Gasteiger partial charge in [0.05, 0.1) is 0 Å². The van der Waals surface area contributed by atoms with E-state index in [1.807, 2.05) is 0 Å². The molecule has 1 aromatic rings. The second kappa shape index (κ2) is 3.01. The van der Waals surface area contributed by atoms with Crippen LogP contribution in [0.25, 0.3) is 0 Å². The third-order valence-corrected chi connectivity index (χ3v) is 3.63. The highest BCUT2D eigenvalue weighted by atomic mass is 15.2. The number of H-pyrrole nitrogens is 1. The number of hydrogen-bond acceptors (Lipinski definition) is 2. The van der Waals surface area contributed by atoms with Crippen molar-refractivity contribution in [2.75, 3.05) is 5.73 Å². The van der Waals surface area contributed by atoms with Crippen molar-refractivity contribution < 1.29 is 0 Å². The van der Waals surface area contributed by atoms with Crippen LogP contribution < -0.4 is 5.73 Å². The molecule has 1 aromatic heterocycles. The normalized spacial score (nSPS) is 30.6. The van der Waals surface area contributed by atoms with Gasteiger partial charge in [-0.2, -0.15) is 5.10 Å². The summed E-state index contributed by atoms with van der Waals surface area (Å²) in [4.78, 5) is 0. The van der Waals surface area contributed by atoms with E-state index >= 15 is 0 Å². The highest BCUT2D eigenvalue weighted by Gasteiger charge is 2.50. The summed E-state index contributed by atoms with van der Waals surface area (Å²) in [5.74, 6) is 1.46. The molecule has 0 spiro atoms. The van der Waals surface area contributed by atoms with Crippen LogP contribution >= 0.6 is 0 Å². The molecule has 1 heterocycles. The van der Waals surface area contributed by atoms with Gasteiger partial charge in [-0.3, -0.25) is 5.10 Å². The lowest BCUT2D eigenvalue weighted by Gasteiger charge is -2.10. The summed E-state index contributed by atoms with van der Waals surface area (Å²) in [5, 5.41) is 7.25. The van der Waals surface area contributed by atoms with Crippen molar-refractivity contribution in [3.8, 4) is 0 Å². The Labute approximate surface area is 85.1 Å². The maximum atomic E-state index is 5.85. The molecule has 0 bridgehead atoms. The standard InChI is InChI=1S/C11H19N3/c1-4-5-8-9(13-14-10(8)12)11(3)6-7(11)2/h7H,4-6H2,1-3H3,(H3,12,13,14). The van der Waals surface area contributed by atoms with Gasteiger partial charge in [-0.25, -0.2) is 0 Å². The number of hydrogen-bond donors (Lipinski definition) is 2. The molecule has 1 fully saturated rings. The van der Waals surface area contributed by atoms with Gasteiger partial charge in [0.25, 0.3) is 0 Å². The topological polar surface area (TPSA) is 54.7 Å². The lowest BCUT2D eigenvalue weighted by Crippen LogP contribution is -2.07. The Morgan fingerprint density at radius 3 is 2.79 bits per heavy atom. The third kappa shape index (κ3) is 1.22. The van der Waals surface area contributed by atoms with Crippen LogP contribution in [0, 0.1) is 5.92 Å². The van der Waals surface area contributed by atoms with Crippen LogP contribution in [0.3, 0.4) is 0 Å². The maximum Gasteiger partial charge on any atom is 0.148 e. The first-order chi connectivity index (χ1) is 6.59. The van der Waals surface area contributed by atoms with E-state index in [0.29, 0.717) is 11.2 Å². The Balaban J connectivity index is 2.34. The van der Waals surface area contributed by atoms with Gasteiger partial charge in [-0.1, -0.05) is 27.2 Å². The maximum absolute atomic E-state index is 5.85. The van der Waals surface area contributed by atoms with Crippen LogP contribution in [0.2, 0.25) is 0 Å². The molecule has 0 saturated heterocycles. The van der Waals surface area contributed by atoms with Gasteiger partial charge >= 0.3 is 0 Å². The van der Waals surface area contributed by atoms with E-state index in [0.717, 1.165) is 18.8 Å². The van der Waals surface area contributed by atoms with Crippen molar-refractivity contribution >= 4 is 5.82 Å². The summed E-state index contributed by atoms with van der Waals surface area (Å²) in [6.45, 7) is 6.76. The fourth-order valence-corrected chi connectivity index (χ4v) is 2.28. The van der Waals surface area contributed by atoms with Crippen LogP contribution in [0.1, 0.15) is 44.9 Å². The van der Waals surface area contributed by atoms with E-state index in [1.165, 1.54) is 17.7 Å². The molecular formula is C11H19N3. The lowest BCUT2D eigenvalue weighted by atomic mass is 9.96. The molecule has 2 atom stereocenters. The van der Waals surface area contributed by atoms with Gasteiger partial charge in [-0.15, -0.1) is 0 Å². The van der Waals surface area contributed by atoms with Gasteiger partial charge in [0.2, 0.25) is 0 Å². The minimum absolute atomic E-state index is 0.315. The zero-order chi connectivity index (χ0) is 10.3. The smallest absolute Gasteiger partial charge is 0.148 e. The summed E-state index contributed by atoms with van der Waals surface area (Å²) in [7, 11) is 0.